The van der Waals surface area contributed by atoms with E-state index in [0.717, 1.165) is 25.7 Å². The highest BCUT2D eigenvalue weighted by atomic mass is 16.6. The summed E-state index contributed by atoms with van der Waals surface area (Å²) in [4.78, 5) is 23.2. The minimum Gasteiger partial charge on any atom is -0.465 e. The molecule has 19 heavy (non-hydrogen) atoms. The summed E-state index contributed by atoms with van der Waals surface area (Å²) < 4.78 is 16.2. The lowest BCUT2D eigenvalue weighted by Gasteiger charge is -2.34. The minimum atomic E-state index is -0.448. The average Bonchev–Trinajstić information content (AvgIpc) is 2.81. The number of fused-ring (bicyclic) bond motifs is 1. The highest BCUT2D eigenvalue weighted by Gasteiger charge is 2.57. The highest BCUT2D eigenvalue weighted by Crippen LogP contribution is 2.55. The molecule has 5 nitrogen and oxygen atoms in total. The molecular formula is C14H18O5. The molecule has 3 rings (SSSR count). The lowest BCUT2D eigenvalue weighted by atomic mass is 9.88. The molecule has 2 bridgehead atoms. The van der Waals surface area contributed by atoms with Crippen LogP contribution in [0.3, 0.4) is 0 Å². The first-order chi connectivity index (χ1) is 9.05. The van der Waals surface area contributed by atoms with E-state index in [4.69, 9.17) is 14.2 Å². The summed E-state index contributed by atoms with van der Waals surface area (Å²) in [6.07, 6.45) is 4.30. The zero-order valence-corrected chi connectivity index (χ0v) is 11.2. The minimum absolute atomic E-state index is 0.215. The molecule has 0 aromatic heterocycles. The maximum Gasteiger partial charge on any atom is 0.339 e. The number of methoxy groups -OCH3 is 1. The van der Waals surface area contributed by atoms with Crippen LogP contribution in [0.25, 0.3) is 0 Å². The summed E-state index contributed by atoms with van der Waals surface area (Å²) in [6.45, 7) is 1.35. The molecule has 0 unspecified atom stereocenters. The number of hydrogen-bond acceptors (Lipinski definition) is 5. The normalized spacial score (nSPS) is 36.1. The fourth-order valence-electron chi connectivity index (χ4n) is 3.81. The van der Waals surface area contributed by atoms with E-state index in [2.05, 4.69) is 0 Å². The molecule has 0 amide bonds. The van der Waals surface area contributed by atoms with E-state index < -0.39 is 11.9 Å². The van der Waals surface area contributed by atoms with E-state index in [-0.39, 0.29) is 11.7 Å². The van der Waals surface area contributed by atoms with Crippen LogP contribution in [0.5, 0.6) is 0 Å². The van der Waals surface area contributed by atoms with Crippen LogP contribution in [0.4, 0.5) is 0 Å². The average molecular weight is 266 g/mol. The van der Waals surface area contributed by atoms with Gasteiger partial charge in [0.05, 0.1) is 18.8 Å². The fourth-order valence-corrected chi connectivity index (χ4v) is 3.81. The van der Waals surface area contributed by atoms with Crippen molar-refractivity contribution in [3.63, 3.8) is 0 Å². The number of ether oxygens (including phenoxy) is 3. The molecule has 0 aromatic carbocycles. The number of carbonyl (C=O) groups is 2. The zero-order chi connectivity index (χ0) is 13.6. The molecule has 2 fully saturated rings. The fraction of sp³-hybridized carbons (Fsp3) is 0.714. The molecule has 104 valence electrons. The number of esters is 2. The molecule has 1 saturated carbocycles. The van der Waals surface area contributed by atoms with Gasteiger partial charge in [0, 0.05) is 13.3 Å². The Hall–Kier alpha value is -1.36. The van der Waals surface area contributed by atoms with E-state index in [9.17, 15) is 9.59 Å². The van der Waals surface area contributed by atoms with Crippen molar-refractivity contribution in [2.24, 2.45) is 5.92 Å². The van der Waals surface area contributed by atoms with Crippen molar-refractivity contribution >= 4 is 11.9 Å². The molecule has 1 saturated heterocycles. The second-order valence-electron chi connectivity index (χ2n) is 5.59. The van der Waals surface area contributed by atoms with E-state index in [1.807, 2.05) is 0 Å². The lowest BCUT2D eigenvalue weighted by molar-refractivity contribution is -0.144. The molecule has 1 aliphatic carbocycles. The van der Waals surface area contributed by atoms with Crippen molar-refractivity contribution in [2.75, 3.05) is 7.11 Å². The third-order valence-corrected chi connectivity index (χ3v) is 4.53. The topological polar surface area (TPSA) is 61.8 Å². The molecule has 0 N–H and O–H groups in total. The summed E-state index contributed by atoms with van der Waals surface area (Å²) >= 11 is 0. The second kappa shape index (κ2) is 4.34. The van der Waals surface area contributed by atoms with Gasteiger partial charge < -0.3 is 14.2 Å². The number of carbonyl (C=O) groups excluding carboxylic acids is 2. The largest absolute Gasteiger partial charge is 0.465 e. The Bertz CT molecular complexity index is 466. The van der Waals surface area contributed by atoms with Crippen molar-refractivity contribution in [3.05, 3.63) is 11.3 Å². The Morgan fingerprint density at radius 3 is 2.89 bits per heavy atom. The van der Waals surface area contributed by atoms with Gasteiger partial charge in [0.1, 0.15) is 11.3 Å². The van der Waals surface area contributed by atoms with Gasteiger partial charge in [-0.05, 0) is 25.2 Å². The Labute approximate surface area is 111 Å². The summed E-state index contributed by atoms with van der Waals surface area (Å²) in [5.74, 6) is 0.0740. The predicted octanol–water partition coefficient (Wildman–Crippen LogP) is 1.71. The van der Waals surface area contributed by atoms with Crippen LogP contribution >= 0.6 is 0 Å². The standard InChI is InChI=1S/C14H18O5/c1-8(15)18-11-7-14-5-3-4-9(14)6-10(19-14)12(11)13(16)17-2/h9-10H,3-7H2,1-2H3/t9-,10+,14+/m0/s1. The first-order valence-corrected chi connectivity index (χ1v) is 6.73. The Balaban J connectivity index is 1.98. The maximum absolute atomic E-state index is 11.9. The molecule has 5 heteroatoms. The molecule has 2 heterocycles. The SMILES string of the molecule is COC(=O)C1=C(OC(C)=O)C[C@]23CCC[C@H]2C[C@H]1O3. The Morgan fingerprint density at radius 2 is 2.21 bits per heavy atom. The van der Waals surface area contributed by atoms with Gasteiger partial charge in [-0.15, -0.1) is 0 Å². The van der Waals surface area contributed by atoms with Crippen molar-refractivity contribution in [2.45, 2.75) is 50.7 Å². The summed E-state index contributed by atoms with van der Waals surface area (Å²) in [6, 6.07) is 0. The first-order valence-electron chi connectivity index (χ1n) is 6.73. The van der Waals surface area contributed by atoms with E-state index >= 15 is 0 Å². The Morgan fingerprint density at radius 1 is 1.42 bits per heavy atom. The smallest absolute Gasteiger partial charge is 0.339 e. The molecule has 3 atom stereocenters. The third-order valence-electron chi connectivity index (χ3n) is 4.53. The summed E-state index contributed by atoms with van der Waals surface area (Å²) in [5.41, 5.74) is 0.185. The van der Waals surface area contributed by atoms with E-state index in [1.54, 1.807) is 0 Å². The molecule has 1 spiro atoms. The van der Waals surface area contributed by atoms with Gasteiger partial charge in [-0.1, -0.05) is 6.42 Å². The van der Waals surface area contributed by atoms with Crippen LogP contribution in [0.15, 0.2) is 11.3 Å². The van der Waals surface area contributed by atoms with Crippen molar-refractivity contribution in [3.8, 4) is 0 Å². The Kier molecular flexibility index (Phi) is 2.89. The molecule has 0 aromatic rings. The molecule has 0 radical (unpaired) electrons. The quantitative estimate of drug-likeness (QED) is 0.712. The van der Waals surface area contributed by atoms with Gasteiger partial charge in [0.15, 0.2) is 0 Å². The van der Waals surface area contributed by atoms with Gasteiger partial charge in [-0.2, -0.15) is 0 Å². The molecular weight excluding hydrogens is 248 g/mol. The zero-order valence-electron chi connectivity index (χ0n) is 11.2. The van der Waals surface area contributed by atoms with Gasteiger partial charge in [-0.25, -0.2) is 4.79 Å². The van der Waals surface area contributed by atoms with E-state index in [0.29, 0.717) is 23.7 Å². The van der Waals surface area contributed by atoms with Gasteiger partial charge >= 0.3 is 11.9 Å². The molecule has 3 aliphatic rings. The number of hydrogen-bond donors (Lipinski definition) is 0. The van der Waals surface area contributed by atoms with Crippen molar-refractivity contribution in [1.82, 2.24) is 0 Å². The third kappa shape index (κ3) is 1.87. The van der Waals surface area contributed by atoms with Crippen LogP contribution in [-0.2, 0) is 23.8 Å². The van der Waals surface area contributed by atoms with Crippen LogP contribution in [0.1, 0.15) is 39.0 Å². The summed E-state index contributed by atoms with van der Waals surface area (Å²) in [7, 11) is 1.33. The predicted molar refractivity (Wildman–Crippen MR) is 65.0 cm³/mol. The first kappa shape index (κ1) is 12.7. The van der Waals surface area contributed by atoms with Crippen LogP contribution in [0, 0.1) is 5.92 Å². The van der Waals surface area contributed by atoms with Crippen LogP contribution in [0.2, 0.25) is 0 Å². The second-order valence-corrected chi connectivity index (χ2v) is 5.59. The monoisotopic (exact) mass is 266 g/mol. The molecule has 2 aliphatic heterocycles. The number of rotatable bonds is 2. The van der Waals surface area contributed by atoms with E-state index in [1.165, 1.54) is 14.0 Å². The van der Waals surface area contributed by atoms with Gasteiger partial charge in [0.25, 0.3) is 0 Å². The maximum atomic E-state index is 11.9. The lowest BCUT2D eigenvalue weighted by Crippen LogP contribution is -2.38. The van der Waals surface area contributed by atoms with Crippen LogP contribution < -0.4 is 0 Å². The van der Waals surface area contributed by atoms with Crippen molar-refractivity contribution < 1.29 is 23.8 Å². The van der Waals surface area contributed by atoms with Gasteiger partial charge in [0.2, 0.25) is 0 Å². The summed E-state index contributed by atoms with van der Waals surface area (Å²) in [5, 5.41) is 0. The van der Waals surface area contributed by atoms with Crippen LogP contribution in [-0.4, -0.2) is 30.8 Å². The van der Waals surface area contributed by atoms with Gasteiger partial charge in [-0.3, -0.25) is 4.79 Å². The van der Waals surface area contributed by atoms with Crippen molar-refractivity contribution in [1.29, 1.82) is 0 Å². The highest BCUT2D eigenvalue weighted by molar-refractivity contribution is 5.91.